The molecule has 1 aliphatic carbocycles. The highest BCUT2D eigenvalue weighted by atomic mass is 16.5. The van der Waals surface area contributed by atoms with E-state index in [-0.39, 0.29) is 12.0 Å². The number of pyridine rings is 1. The van der Waals surface area contributed by atoms with Crippen LogP contribution in [0.1, 0.15) is 11.5 Å². The van der Waals surface area contributed by atoms with Crippen molar-refractivity contribution in [2.75, 3.05) is 0 Å². The second-order valence-corrected chi connectivity index (χ2v) is 13.0. The summed E-state index contributed by atoms with van der Waals surface area (Å²) in [4.78, 5) is 4.35. The van der Waals surface area contributed by atoms with Crippen molar-refractivity contribution in [1.82, 2.24) is 4.98 Å². The standard InChI is InChI=1S/C45H27NO2/c1-3-13-40-29(7-1)35-10-5-9-34(44(35)47-40)28-17-15-27-16-18-33-39(37-12-6-11-36-30-8-2-4-14-41(30)48-45(36)37)25-38(26-21-23-46-24-22-26)32-20-19-31(28)42(27)43(32)33/h1-25,30,41H. The highest BCUT2D eigenvalue weighted by Crippen LogP contribution is 2.51. The molecule has 1 aliphatic heterocycles. The molecule has 0 saturated carbocycles. The number of furan rings is 1. The lowest BCUT2D eigenvalue weighted by molar-refractivity contribution is 0.270. The van der Waals surface area contributed by atoms with Crippen molar-refractivity contribution in [1.29, 1.82) is 0 Å². The monoisotopic (exact) mass is 613 g/mol. The van der Waals surface area contributed by atoms with E-state index in [0.717, 1.165) is 44.4 Å². The maximum Gasteiger partial charge on any atom is 0.143 e. The van der Waals surface area contributed by atoms with Crippen LogP contribution in [0.3, 0.4) is 0 Å². The number of nitrogens with zero attached hydrogens (tertiary/aromatic N) is 1. The fourth-order valence-corrected chi connectivity index (χ4v) is 8.36. The Kier molecular flexibility index (Phi) is 5.22. The molecule has 2 atom stereocenters. The number of rotatable bonds is 3. The lowest BCUT2D eigenvalue weighted by atomic mass is 9.83. The van der Waals surface area contributed by atoms with Gasteiger partial charge in [0.2, 0.25) is 0 Å². The van der Waals surface area contributed by atoms with Crippen LogP contribution in [-0.2, 0) is 0 Å². The summed E-state index contributed by atoms with van der Waals surface area (Å²) in [5.41, 5.74) is 9.99. The molecule has 0 N–H and O–H groups in total. The van der Waals surface area contributed by atoms with Crippen LogP contribution in [0.5, 0.6) is 5.75 Å². The lowest BCUT2D eigenvalue weighted by Crippen LogP contribution is -2.15. The third kappa shape index (κ3) is 3.50. The normalized spacial score (nSPS) is 16.8. The van der Waals surface area contributed by atoms with Crippen molar-refractivity contribution >= 4 is 54.3 Å². The van der Waals surface area contributed by atoms with Gasteiger partial charge >= 0.3 is 0 Å². The molecule has 3 nitrogen and oxygen atoms in total. The summed E-state index contributed by atoms with van der Waals surface area (Å²) in [6.45, 7) is 0. The topological polar surface area (TPSA) is 35.3 Å². The van der Waals surface area contributed by atoms with Crippen molar-refractivity contribution < 1.29 is 9.15 Å². The van der Waals surface area contributed by atoms with E-state index in [4.69, 9.17) is 9.15 Å². The van der Waals surface area contributed by atoms with Gasteiger partial charge in [0.25, 0.3) is 0 Å². The zero-order valence-corrected chi connectivity index (χ0v) is 25.9. The third-order valence-electron chi connectivity index (χ3n) is 10.5. The predicted molar refractivity (Wildman–Crippen MR) is 197 cm³/mol. The molecule has 3 heteroatoms. The molecule has 0 fully saturated rings. The number of allylic oxidation sites excluding steroid dienone is 2. The first-order valence-corrected chi connectivity index (χ1v) is 16.5. The van der Waals surface area contributed by atoms with E-state index >= 15 is 0 Å². The average Bonchev–Trinajstić information content (AvgIpc) is 3.73. The first-order chi connectivity index (χ1) is 23.8. The van der Waals surface area contributed by atoms with Gasteiger partial charge < -0.3 is 9.15 Å². The van der Waals surface area contributed by atoms with Crippen LogP contribution in [0.2, 0.25) is 0 Å². The summed E-state index contributed by atoms with van der Waals surface area (Å²) < 4.78 is 13.3. The summed E-state index contributed by atoms with van der Waals surface area (Å²) >= 11 is 0. The first kappa shape index (κ1) is 25.9. The lowest BCUT2D eigenvalue weighted by Gasteiger charge is -2.20. The maximum absolute atomic E-state index is 6.72. The zero-order valence-electron chi connectivity index (χ0n) is 25.9. The second-order valence-electron chi connectivity index (χ2n) is 13.0. The molecule has 11 rings (SSSR count). The van der Waals surface area contributed by atoms with E-state index in [1.807, 2.05) is 18.5 Å². The van der Waals surface area contributed by atoms with E-state index in [9.17, 15) is 0 Å². The van der Waals surface area contributed by atoms with Crippen molar-refractivity contribution in [3.8, 4) is 39.1 Å². The smallest absolute Gasteiger partial charge is 0.143 e. The summed E-state index contributed by atoms with van der Waals surface area (Å²) in [6, 6.07) is 41.7. The summed E-state index contributed by atoms with van der Waals surface area (Å²) in [5.74, 6) is 1.21. The maximum atomic E-state index is 6.72. The van der Waals surface area contributed by atoms with Crippen LogP contribution >= 0.6 is 0 Å². The summed E-state index contributed by atoms with van der Waals surface area (Å²) in [6.07, 6.45) is 12.4. The molecule has 48 heavy (non-hydrogen) atoms. The Morgan fingerprint density at radius 3 is 2.21 bits per heavy atom. The Bertz CT molecular complexity index is 2820. The largest absolute Gasteiger partial charge is 0.484 e. The Morgan fingerprint density at radius 1 is 0.521 bits per heavy atom. The minimum atomic E-state index is 0.0223. The fourth-order valence-electron chi connectivity index (χ4n) is 8.36. The SMILES string of the molecule is C1=CC2Oc3c(-c4cc(-c5ccncc5)c5ccc6c(-c7cccc8c7oc7ccccc78)ccc7ccc4c5c76)cccc3C2C=C1. The molecule has 0 bridgehead atoms. The van der Waals surface area contributed by atoms with Crippen LogP contribution in [-0.4, -0.2) is 11.1 Å². The van der Waals surface area contributed by atoms with Gasteiger partial charge in [0.05, 0.1) is 0 Å². The molecule has 0 radical (unpaired) electrons. The average molecular weight is 614 g/mol. The second kappa shape index (κ2) is 9.66. The van der Waals surface area contributed by atoms with Crippen LogP contribution in [0, 0.1) is 0 Å². The summed E-state index contributed by atoms with van der Waals surface area (Å²) in [7, 11) is 0. The predicted octanol–water partition coefficient (Wildman–Crippen LogP) is 11.8. The summed E-state index contributed by atoms with van der Waals surface area (Å²) in [5, 5.41) is 9.69. The number of fused-ring (bicyclic) bond motifs is 6. The van der Waals surface area contributed by atoms with Crippen molar-refractivity contribution in [2.45, 2.75) is 12.0 Å². The Balaban J connectivity index is 1.24. The van der Waals surface area contributed by atoms with Crippen LogP contribution < -0.4 is 4.74 Å². The number of hydrogen-bond acceptors (Lipinski definition) is 3. The van der Waals surface area contributed by atoms with Gasteiger partial charge in [-0.1, -0.05) is 109 Å². The van der Waals surface area contributed by atoms with Gasteiger partial charge in [-0.25, -0.2) is 0 Å². The van der Waals surface area contributed by atoms with E-state index in [2.05, 4.69) is 138 Å². The van der Waals surface area contributed by atoms with Crippen molar-refractivity contribution in [3.05, 3.63) is 158 Å². The van der Waals surface area contributed by atoms with Crippen molar-refractivity contribution in [2.24, 2.45) is 0 Å². The van der Waals surface area contributed by atoms with Gasteiger partial charge in [-0.15, -0.1) is 0 Å². The van der Waals surface area contributed by atoms with Gasteiger partial charge in [0, 0.05) is 45.8 Å². The molecule has 2 unspecified atom stereocenters. The number of benzene rings is 7. The quantitative estimate of drug-likeness (QED) is 0.186. The molecule has 0 amide bonds. The molecular formula is C45H27NO2. The van der Waals surface area contributed by atoms with E-state index in [1.165, 1.54) is 54.6 Å². The van der Waals surface area contributed by atoms with Crippen LogP contribution in [0.4, 0.5) is 0 Å². The Labute approximate surface area is 276 Å². The molecule has 2 aromatic heterocycles. The van der Waals surface area contributed by atoms with Gasteiger partial charge in [-0.2, -0.15) is 0 Å². The molecule has 0 saturated heterocycles. The van der Waals surface area contributed by atoms with E-state index < -0.39 is 0 Å². The number of hydrogen-bond donors (Lipinski definition) is 0. The van der Waals surface area contributed by atoms with Gasteiger partial charge in [-0.05, 0) is 84.9 Å². The van der Waals surface area contributed by atoms with Crippen LogP contribution in [0.25, 0.3) is 87.6 Å². The Hall–Kier alpha value is -6.19. The molecule has 0 spiro atoms. The number of para-hydroxylation sites is 3. The van der Waals surface area contributed by atoms with Gasteiger partial charge in [0.15, 0.2) is 0 Å². The first-order valence-electron chi connectivity index (χ1n) is 16.5. The fraction of sp³-hybridized carbons (Fsp3) is 0.0444. The Morgan fingerprint density at radius 2 is 1.27 bits per heavy atom. The molecule has 9 aromatic rings. The third-order valence-corrected chi connectivity index (χ3v) is 10.5. The minimum absolute atomic E-state index is 0.0223. The molecule has 7 aromatic carbocycles. The minimum Gasteiger partial charge on any atom is -0.484 e. The van der Waals surface area contributed by atoms with Gasteiger partial charge in [-0.3, -0.25) is 4.98 Å². The molecule has 224 valence electrons. The molecule has 2 aliphatic rings. The molecule has 3 heterocycles. The van der Waals surface area contributed by atoms with Gasteiger partial charge in [0.1, 0.15) is 23.0 Å². The highest BCUT2D eigenvalue weighted by Gasteiger charge is 2.34. The van der Waals surface area contributed by atoms with Crippen LogP contribution in [0.15, 0.2) is 156 Å². The van der Waals surface area contributed by atoms with Crippen molar-refractivity contribution in [3.63, 3.8) is 0 Å². The zero-order chi connectivity index (χ0) is 31.3. The highest BCUT2D eigenvalue weighted by molar-refractivity contribution is 6.30. The number of ether oxygens (including phenoxy) is 1. The van der Waals surface area contributed by atoms with E-state index in [0.29, 0.717) is 0 Å². The van der Waals surface area contributed by atoms with E-state index in [1.54, 1.807) is 0 Å². The molecular weight excluding hydrogens is 587 g/mol. The number of aromatic nitrogens is 1.